The normalized spacial score (nSPS) is 53.0. The molecule has 4 fully saturated rings. The van der Waals surface area contributed by atoms with E-state index in [1.807, 2.05) is 6.08 Å². The van der Waals surface area contributed by atoms with Gasteiger partial charge in [-0.1, -0.05) is 32.4 Å². The first-order chi connectivity index (χ1) is 13.6. The van der Waals surface area contributed by atoms with Gasteiger partial charge in [0.2, 0.25) is 0 Å². The molecule has 158 valence electrons. The third kappa shape index (κ3) is 2.02. The summed E-state index contributed by atoms with van der Waals surface area (Å²) < 4.78 is 0. The molecule has 0 amide bonds. The van der Waals surface area contributed by atoms with Crippen LogP contribution in [-0.4, -0.2) is 46.6 Å². The molecule has 3 saturated carbocycles. The van der Waals surface area contributed by atoms with Crippen LogP contribution < -0.4 is 5.48 Å². The number of aliphatic hydroxyl groups is 2. The van der Waals surface area contributed by atoms with Crippen LogP contribution >= 0.6 is 0 Å². The number of ketones is 2. The van der Waals surface area contributed by atoms with Gasteiger partial charge in [-0.05, 0) is 49.7 Å². The Kier molecular flexibility index (Phi) is 3.97. The van der Waals surface area contributed by atoms with Gasteiger partial charge in [-0.3, -0.25) is 14.4 Å². The molecule has 6 heteroatoms. The van der Waals surface area contributed by atoms with Gasteiger partial charge in [0.1, 0.15) is 6.61 Å². The van der Waals surface area contributed by atoms with Crippen molar-refractivity contribution in [2.45, 2.75) is 58.2 Å². The SMILES string of the molecule is C[C@]12[C@@H](O)C[C@@]3(C)[C@@H](C[C@H]4CNO[C@]43C(=O)CO)[C@@H]1CCC1=CC(=O)C=C[C@@]12C. The molecule has 3 N–H and O–H groups in total. The number of nitrogens with one attached hydrogen (secondary N) is 1. The first-order valence-corrected chi connectivity index (χ1v) is 10.8. The molecule has 1 saturated heterocycles. The standard InChI is InChI=1S/C23H31NO5/c1-20-7-6-15(26)8-13(20)4-5-16-17-9-14-11-24-29-23(14,19(28)12-25)21(17,2)10-18(27)22(16,20)3/h6-8,14,16-18,24-25,27H,4-5,9-12H2,1-3H3/t14-,16-,17-,18-,20-,21-,22+,23-/m0/s1. The Balaban J connectivity index is 1.63. The number of carbonyl (C=O) groups is 2. The lowest BCUT2D eigenvalue weighted by Crippen LogP contribution is -2.66. The van der Waals surface area contributed by atoms with Gasteiger partial charge in [-0.2, -0.15) is 0 Å². The molecule has 4 aliphatic carbocycles. The average molecular weight is 402 g/mol. The second kappa shape index (κ2) is 5.88. The number of hydroxylamine groups is 1. The van der Waals surface area contributed by atoms with E-state index < -0.39 is 29.1 Å². The van der Waals surface area contributed by atoms with Crippen LogP contribution in [-0.2, 0) is 14.4 Å². The second-order valence-electron chi connectivity index (χ2n) is 10.5. The maximum Gasteiger partial charge on any atom is 0.192 e. The zero-order valence-electron chi connectivity index (χ0n) is 17.4. The van der Waals surface area contributed by atoms with E-state index in [9.17, 15) is 19.8 Å². The summed E-state index contributed by atoms with van der Waals surface area (Å²) >= 11 is 0. The Morgan fingerprint density at radius 2 is 2.07 bits per heavy atom. The lowest BCUT2D eigenvalue weighted by atomic mass is 9.39. The van der Waals surface area contributed by atoms with Crippen LogP contribution in [0.2, 0.25) is 0 Å². The number of aliphatic hydroxyl groups excluding tert-OH is 2. The number of Topliss-reactive ketones (excluding diaryl/α,β-unsaturated/α-hetero) is 1. The van der Waals surface area contributed by atoms with E-state index in [0.29, 0.717) is 13.0 Å². The lowest BCUT2D eigenvalue weighted by molar-refractivity contribution is -0.220. The summed E-state index contributed by atoms with van der Waals surface area (Å²) in [6.45, 7) is 6.45. The molecule has 0 aromatic rings. The van der Waals surface area contributed by atoms with Crippen LogP contribution in [0.25, 0.3) is 0 Å². The van der Waals surface area contributed by atoms with Crippen molar-refractivity contribution in [2.24, 2.45) is 34.0 Å². The summed E-state index contributed by atoms with van der Waals surface area (Å²) in [6, 6.07) is 0. The van der Waals surface area contributed by atoms with Gasteiger partial charge in [0.15, 0.2) is 17.2 Å². The van der Waals surface area contributed by atoms with Crippen molar-refractivity contribution in [1.82, 2.24) is 5.48 Å². The number of fused-ring (bicyclic) bond motifs is 7. The van der Waals surface area contributed by atoms with E-state index in [1.165, 1.54) is 0 Å². The number of hydrogen-bond acceptors (Lipinski definition) is 6. The fourth-order valence-electron chi connectivity index (χ4n) is 8.19. The zero-order chi connectivity index (χ0) is 20.8. The molecular weight excluding hydrogens is 370 g/mol. The Labute approximate surface area is 171 Å². The molecule has 29 heavy (non-hydrogen) atoms. The number of rotatable bonds is 2. The average Bonchev–Trinajstić information content (AvgIpc) is 3.20. The van der Waals surface area contributed by atoms with Crippen molar-refractivity contribution in [1.29, 1.82) is 0 Å². The summed E-state index contributed by atoms with van der Waals surface area (Å²) in [6.07, 6.45) is 7.77. The second-order valence-corrected chi connectivity index (χ2v) is 10.5. The first kappa shape index (κ1) is 19.6. The van der Waals surface area contributed by atoms with E-state index in [4.69, 9.17) is 4.84 Å². The van der Waals surface area contributed by atoms with Crippen LogP contribution in [0, 0.1) is 34.0 Å². The van der Waals surface area contributed by atoms with E-state index in [-0.39, 0.29) is 34.7 Å². The minimum atomic E-state index is -1.08. The van der Waals surface area contributed by atoms with Crippen molar-refractivity contribution in [3.8, 4) is 0 Å². The smallest absolute Gasteiger partial charge is 0.192 e. The molecule has 1 aliphatic heterocycles. The highest BCUT2D eigenvalue weighted by molar-refractivity contribution is 6.01. The van der Waals surface area contributed by atoms with Gasteiger partial charge in [0.25, 0.3) is 0 Å². The summed E-state index contributed by atoms with van der Waals surface area (Å²) in [5.41, 5.74) is 1.61. The van der Waals surface area contributed by atoms with Gasteiger partial charge in [-0.25, -0.2) is 5.48 Å². The molecular formula is C23H31NO5. The lowest BCUT2D eigenvalue weighted by Gasteiger charge is -2.65. The summed E-state index contributed by atoms with van der Waals surface area (Å²) in [5, 5.41) is 21.4. The number of allylic oxidation sites excluding steroid dienone is 4. The molecule has 8 atom stereocenters. The van der Waals surface area contributed by atoms with E-state index in [0.717, 1.165) is 24.8 Å². The maximum absolute atomic E-state index is 13.0. The van der Waals surface area contributed by atoms with Crippen molar-refractivity contribution in [2.75, 3.05) is 13.2 Å². The topological polar surface area (TPSA) is 95.9 Å². The summed E-state index contributed by atoms with van der Waals surface area (Å²) in [4.78, 5) is 31.0. The monoisotopic (exact) mass is 401 g/mol. The van der Waals surface area contributed by atoms with Crippen molar-refractivity contribution in [3.05, 3.63) is 23.8 Å². The third-order valence-corrected chi connectivity index (χ3v) is 9.87. The number of hydrogen-bond donors (Lipinski definition) is 3. The molecule has 0 radical (unpaired) electrons. The highest BCUT2D eigenvalue weighted by Crippen LogP contribution is 2.73. The molecule has 5 rings (SSSR count). The predicted octanol–water partition coefficient (Wildman–Crippen LogP) is 1.72. The van der Waals surface area contributed by atoms with Gasteiger partial charge in [0.05, 0.1) is 6.10 Å². The molecule has 1 heterocycles. The quantitative estimate of drug-likeness (QED) is 0.652. The van der Waals surface area contributed by atoms with Crippen molar-refractivity contribution < 1.29 is 24.6 Å². The highest BCUT2D eigenvalue weighted by Gasteiger charge is 2.76. The maximum atomic E-state index is 13.0. The fourth-order valence-corrected chi connectivity index (χ4v) is 8.19. The van der Waals surface area contributed by atoms with Crippen LogP contribution in [0.4, 0.5) is 0 Å². The van der Waals surface area contributed by atoms with Gasteiger partial charge in [0, 0.05) is 28.7 Å². The van der Waals surface area contributed by atoms with Crippen LogP contribution in [0.5, 0.6) is 0 Å². The Hall–Kier alpha value is -1.34. The molecule has 5 aliphatic rings. The fraction of sp³-hybridized carbons (Fsp3) is 0.739. The summed E-state index contributed by atoms with van der Waals surface area (Å²) in [7, 11) is 0. The largest absolute Gasteiger partial charge is 0.392 e. The first-order valence-electron chi connectivity index (χ1n) is 10.8. The van der Waals surface area contributed by atoms with E-state index in [2.05, 4.69) is 26.3 Å². The van der Waals surface area contributed by atoms with E-state index in [1.54, 1.807) is 12.2 Å². The minimum Gasteiger partial charge on any atom is -0.392 e. The van der Waals surface area contributed by atoms with E-state index >= 15 is 0 Å². The predicted molar refractivity (Wildman–Crippen MR) is 105 cm³/mol. The van der Waals surface area contributed by atoms with Crippen molar-refractivity contribution >= 4 is 11.6 Å². The summed E-state index contributed by atoms with van der Waals surface area (Å²) in [5.74, 6) is 0.160. The van der Waals surface area contributed by atoms with Crippen LogP contribution in [0.1, 0.15) is 46.5 Å². The Morgan fingerprint density at radius 1 is 1.31 bits per heavy atom. The molecule has 0 spiro atoms. The molecule has 6 nitrogen and oxygen atoms in total. The van der Waals surface area contributed by atoms with Crippen molar-refractivity contribution in [3.63, 3.8) is 0 Å². The third-order valence-electron chi connectivity index (χ3n) is 9.87. The van der Waals surface area contributed by atoms with Crippen LogP contribution in [0.3, 0.4) is 0 Å². The minimum absolute atomic E-state index is 0.0000733. The highest BCUT2D eigenvalue weighted by atomic mass is 16.7. The molecule has 0 aromatic carbocycles. The van der Waals surface area contributed by atoms with Gasteiger partial charge in [-0.15, -0.1) is 0 Å². The Bertz CT molecular complexity index is 850. The molecule has 0 aromatic heterocycles. The Morgan fingerprint density at radius 3 is 2.79 bits per heavy atom. The van der Waals surface area contributed by atoms with Gasteiger partial charge >= 0.3 is 0 Å². The molecule has 0 bridgehead atoms. The number of carbonyl (C=O) groups excluding carboxylic acids is 2. The van der Waals surface area contributed by atoms with Crippen LogP contribution in [0.15, 0.2) is 23.8 Å². The van der Waals surface area contributed by atoms with Gasteiger partial charge < -0.3 is 10.2 Å². The molecule has 0 unspecified atom stereocenters. The zero-order valence-corrected chi connectivity index (χ0v) is 17.4.